The lowest BCUT2D eigenvalue weighted by molar-refractivity contribution is 0.339. The van der Waals surface area contributed by atoms with Crippen LogP contribution in [0.4, 0.5) is 0 Å². The van der Waals surface area contributed by atoms with Gasteiger partial charge in [0.2, 0.25) is 0 Å². The van der Waals surface area contributed by atoms with Crippen molar-refractivity contribution in [3.63, 3.8) is 0 Å². The number of piperidine rings is 1. The molecule has 90 valence electrons. The van der Waals surface area contributed by atoms with Gasteiger partial charge in [-0.25, -0.2) is 9.97 Å². The minimum atomic E-state index is 0.712. The third-order valence-electron chi connectivity index (χ3n) is 3.45. The smallest absolute Gasteiger partial charge is 0.159 e. The van der Waals surface area contributed by atoms with Crippen LogP contribution in [-0.4, -0.2) is 27.6 Å². The number of pyridine rings is 1. The molecule has 0 radical (unpaired) electrons. The van der Waals surface area contributed by atoms with Crippen molar-refractivity contribution in [3.05, 3.63) is 24.2 Å². The Balaban J connectivity index is 1.84. The second-order valence-electron chi connectivity index (χ2n) is 4.96. The molecule has 4 heteroatoms. The van der Waals surface area contributed by atoms with Crippen molar-refractivity contribution in [1.82, 2.24) is 19.9 Å². The fourth-order valence-electron chi connectivity index (χ4n) is 2.54. The van der Waals surface area contributed by atoms with E-state index in [1.54, 1.807) is 0 Å². The maximum atomic E-state index is 4.49. The number of aromatic nitrogens is 3. The molecule has 17 heavy (non-hydrogen) atoms. The SMILES string of the molecule is Cc1cnc2c(c1)ncn2CC1CCCNC1. The topological polar surface area (TPSA) is 42.7 Å². The Labute approximate surface area is 101 Å². The molecule has 2 aromatic heterocycles. The molecular formula is C13H18N4. The molecule has 0 amide bonds. The van der Waals surface area contributed by atoms with Crippen LogP contribution in [0, 0.1) is 12.8 Å². The fourth-order valence-corrected chi connectivity index (χ4v) is 2.54. The lowest BCUT2D eigenvalue weighted by atomic mass is 10.00. The van der Waals surface area contributed by atoms with E-state index in [1.165, 1.54) is 24.9 Å². The van der Waals surface area contributed by atoms with Crippen molar-refractivity contribution in [3.8, 4) is 0 Å². The molecule has 4 nitrogen and oxygen atoms in total. The molecule has 1 aliphatic heterocycles. The van der Waals surface area contributed by atoms with E-state index in [1.807, 2.05) is 12.5 Å². The second-order valence-corrected chi connectivity index (χ2v) is 4.96. The molecule has 0 aliphatic carbocycles. The number of rotatable bonds is 2. The Morgan fingerprint density at radius 1 is 1.47 bits per heavy atom. The summed E-state index contributed by atoms with van der Waals surface area (Å²) in [6.07, 6.45) is 6.42. The molecule has 0 spiro atoms. The fraction of sp³-hybridized carbons (Fsp3) is 0.538. The van der Waals surface area contributed by atoms with Crippen molar-refractivity contribution >= 4 is 11.2 Å². The summed E-state index contributed by atoms with van der Waals surface area (Å²) >= 11 is 0. The third-order valence-corrected chi connectivity index (χ3v) is 3.45. The van der Waals surface area contributed by atoms with Crippen LogP contribution in [0.1, 0.15) is 18.4 Å². The van der Waals surface area contributed by atoms with Crippen LogP contribution in [0.25, 0.3) is 11.2 Å². The van der Waals surface area contributed by atoms with Crippen molar-refractivity contribution in [2.24, 2.45) is 5.92 Å². The Bertz CT molecular complexity index is 511. The van der Waals surface area contributed by atoms with Crippen molar-refractivity contribution in [1.29, 1.82) is 0 Å². The first-order valence-electron chi connectivity index (χ1n) is 6.31. The zero-order chi connectivity index (χ0) is 11.7. The first kappa shape index (κ1) is 10.7. The zero-order valence-electron chi connectivity index (χ0n) is 10.2. The quantitative estimate of drug-likeness (QED) is 0.854. The molecule has 0 bridgehead atoms. The number of hydrogen-bond donors (Lipinski definition) is 1. The molecule has 3 heterocycles. The number of nitrogens with zero attached hydrogens (tertiary/aromatic N) is 3. The summed E-state index contributed by atoms with van der Waals surface area (Å²) in [5.41, 5.74) is 3.19. The van der Waals surface area contributed by atoms with Gasteiger partial charge in [0.05, 0.1) is 6.33 Å². The van der Waals surface area contributed by atoms with Gasteiger partial charge in [0.25, 0.3) is 0 Å². The van der Waals surface area contributed by atoms with Gasteiger partial charge >= 0.3 is 0 Å². The van der Waals surface area contributed by atoms with Crippen LogP contribution in [0.15, 0.2) is 18.6 Å². The molecule has 3 rings (SSSR count). The number of aryl methyl sites for hydroxylation is 1. The maximum Gasteiger partial charge on any atom is 0.159 e. The van der Waals surface area contributed by atoms with Gasteiger partial charge in [-0.1, -0.05) is 0 Å². The summed E-state index contributed by atoms with van der Waals surface area (Å²) in [6.45, 7) is 5.36. The summed E-state index contributed by atoms with van der Waals surface area (Å²) in [5, 5.41) is 3.45. The molecular weight excluding hydrogens is 212 g/mol. The number of fused-ring (bicyclic) bond motifs is 1. The first-order valence-corrected chi connectivity index (χ1v) is 6.31. The molecule has 1 atom stereocenters. The van der Waals surface area contributed by atoms with E-state index >= 15 is 0 Å². The summed E-state index contributed by atoms with van der Waals surface area (Å²) < 4.78 is 2.19. The van der Waals surface area contributed by atoms with Crippen molar-refractivity contribution in [2.45, 2.75) is 26.3 Å². The Morgan fingerprint density at radius 2 is 2.41 bits per heavy atom. The number of hydrogen-bond acceptors (Lipinski definition) is 3. The summed E-state index contributed by atoms with van der Waals surface area (Å²) in [4.78, 5) is 8.91. The minimum Gasteiger partial charge on any atom is -0.316 e. The zero-order valence-corrected chi connectivity index (χ0v) is 10.2. The van der Waals surface area contributed by atoms with Gasteiger partial charge in [-0.2, -0.15) is 0 Å². The molecule has 1 saturated heterocycles. The standard InChI is InChI=1S/C13H18N4/c1-10-5-12-13(15-6-10)17(9-16-12)8-11-3-2-4-14-7-11/h5-6,9,11,14H,2-4,7-8H2,1H3. The monoisotopic (exact) mass is 230 g/mol. The Hall–Kier alpha value is -1.42. The molecule has 1 fully saturated rings. The highest BCUT2D eigenvalue weighted by atomic mass is 15.1. The molecule has 1 N–H and O–H groups in total. The van der Waals surface area contributed by atoms with E-state index in [2.05, 4.69) is 32.8 Å². The third kappa shape index (κ3) is 2.17. The molecule has 1 unspecified atom stereocenters. The predicted octanol–water partition coefficient (Wildman–Crippen LogP) is 1.74. The van der Waals surface area contributed by atoms with Gasteiger partial charge < -0.3 is 9.88 Å². The Morgan fingerprint density at radius 3 is 3.24 bits per heavy atom. The van der Waals surface area contributed by atoms with Crippen LogP contribution in [0.3, 0.4) is 0 Å². The van der Waals surface area contributed by atoms with Crippen LogP contribution >= 0.6 is 0 Å². The van der Waals surface area contributed by atoms with E-state index in [4.69, 9.17) is 0 Å². The van der Waals surface area contributed by atoms with E-state index in [0.717, 1.165) is 24.3 Å². The molecule has 0 aromatic carbocycles. The average Bonchev–Trinajstić information content (AvgIpc) is 2.73. The Kier molecular flexibility index (Phi) is 2.81. The van der Waals surface area contributed by atoms with Gasteiger partial charge in [0.1, 0.15) is 5.52 Å². The summed E-state index contributed by atoms with van der Waals surface area (Å²) in [6, 6.07) is 2.10. The van der Waals surface area contributed by atoms with Gasteiger partial charge in [-0.15, -0.1) is 0 Å². The minimum absolute atomic E-state index is 0.712. The van der Waals surface area contributed by atoms with Gasteiger partial charge in [0, 0.05) is 12.7 Å². The predicted molar refractivity (Wildman–Crippen MR) is 67.9 cm³/mol. The highest BCUT2D eigenvalue weighted by Gasteiger charge is 2.15. The van der Waals surface area contributed by atoms with E-state index in [9.17, 15) is 0 Å². The van der Waals surface area contributed by atoms with Gasteiger partial charge in [0.15, 0.2) is 5.65 Å². The van der Waals surface area contributed by atoms with Gasteiger partial charge in [-0.05, 0) is 50.4 Å². The summed E-state index contributed by atoms with van der Waals surface area (Å²) in [7, 11) is 0. The first-order chi connectivity index (χ1) is 8.33. The van der Waals surface area contributed by atoms with Gasteiger partial charge in [-0.3, -0.25) is 0 Å². The summed E-state index contributed by atoms with van der Waals surface area (Å²) in [5.74, 6) is 0.712. The van der Waals surface area contributed by atoms with E-state index in [0.29, 0.717) is 5.92 Å². The van der Waals surface area contributed by atoms with Crippen LogP contribution in [-0.2, 0) is 6.54 Å². The normalized spacial score (nSPS) is 20.9. The molecule has 2 aromatic rings. The van der Waals surface area contributed by atoms with Crippen molar-refractivity contribution in [2.75, 3.05) is 13.1 Å². The number of imidazole rings is 1. The second kappa shape index (κ2) is 4.45. The van der Waals surface area contributed by atoms with Crippen LogP contribution in [0.2, 0.25) is 0 Å². The average molecular weight is 230 g/mol. The van der Waals surface area contributed by atoms with Crippen LogP contribution in [0.5, 0.6) is 0 Å². The lowest BCUT2D eigenvalue weighted by Gasteiger charge is -2.22. The lowest BCUT2D eigenvalue weighted by Crippen LogP contribution is -2.32. The van der Waals surface area contributed by atoms with Crippen molar-refractivity contribution < 1.29 is 0 Å². The van der Waals surface area contributed by atoms with E-state index in [-0.39, 0.29) is 0 Å². The van der Waals surface area contributed by atoms with E-state index < -0.39 is 0 Å². The largest absolute Gasteiger partial charge is 0.316 e. The molecule has 1 aliphatic rings. The highest BCUT2D eigenvalue weighted by Crippen LogP contribution is 2.17. The van der Waals surface area contributed by atoms with Crippen LogP contribution < -0.4 is 5.32 Å². The maximum absolute atomic E-state index is 4.49. The highest BCUT2D eigenvalue weighted by molar-refractivity contribution is 5.71. The molecule has 0 saturated carbocycles. The number of nitrogens with one attached hydrogen (secondary N) is 1.